The first kappa shape index (κ1) is 23.7. The van der Waals surface area contributed by atoms with Gasteiger partial charge in [-0.3, -0.25) is 4.79 Å². The summed E-state index contributed by atoms with van der Waals surface area (Å²) in [6, 6.07) is 26.1. The largest absolute Gasteiger partial charge is 0.493 e. The molecule has 0 fully saturated rings. The third kappa shape index (κ3) is 4.86. The van der Waals surface area contributed by atoms with Crippen molar-refractivity contribution in [1.82, 2.24) is 5.32 Å². The molecule has 1 amide bonds. The van der Waals surface area contributed by atoms with Gasteiger partial charge in [0.15, 0.2) is 0 Å². The van der Waals surface area contributed by atoms with E-state index in [1.54, 1.807) is 12.3 Å². The number of halogens is 1. The molecule has 0 aliphatic carbocycles. The van der Waals surface area contributed by atoms with E-state index in [1.807, 2.05) is 62.4 Å². The molecule has 0 atom stereocenters. The summed E-state index contributed by atoms with van der Waals surface area (Å²) < 4.78 is 11.8. The van der Waals surface area contributed by atoms with Crippen LogP contribution in [0, 0.1) is 0 Å². The maximum Gasteiger partial charge on any atom is 0.244 e. The fraction of sp³-hybridized carbons (Fsp3) is 0.129. The van der Waals surface area contributed by atoms with Gasteiger partial charge in [-0.05, 0) is 59.5 Å². The van der Waals surface area contributed by atoms with Gasteiger partial charge >= 0.3 is 0 Å². The van der Waals surface area contributed by atoms with Crippen LogP contribution in [0.4, 0.5) is 0 Å². The highest BCUT2D eigenvalue weighted by Gasteiger charge is 2.16. The highest BCUT2D eigenvalue weighted by Crippen LogP contribution is 2.38. The van der Waals surface area contributed by atoms with Crippen LogP contribution in [-0.4, -0.2) is 12.5 Å². The molecule has 0 aliphatic heterocycles. The van der Waals surface area contributed by atoms with Crippen LogP contribution in [0.25, 0.3) is 38.4 Å². The fourth-order valence-corrected chi connectivity index (χ4v) is 4.57. The Kier molecular flexibility index (Phi) is 6.79. The molecule has 0 bridgehead atoms. The molecule has 5 aromatic rings. The van der Waals surface area contributed by atoms with Crippen molar-refractivity contribution in [2.45, 2.75) is 20.4 Å². The second-order valence-electron chi connectivity index (χ2n) is 8.63. The molecule has 1 heterocycles. The van der Waals surface area contributed by atoms with Crippen molar-refractivity contribution in [3.8, 4) is 16.9 Å². The number of hydrogen-bond acceptors (Lipinski definition) is 3. The number of allylic oxidation sites excluding steroid dienone is 1. The first-order chi connectivity index (χ1) is 17.5. The lowest BCUT2D eigenvalue weighted by atomic mass is 9.97. The molecule has 180 valence electrons. The average Bonchev–Trinajstić information content (AvgIpc) is 3.30. The first-order valence-corrected chi connectivity index (χ1v) is 12.3. The lowest BCUT2D eigenvalue weighted by Crippen LogP contribution is -2.20. The van der Waals surface area contributed by atoms with Gasteiger partial charge in [-0.2, -0.15) is 0 Å². The summed E-state index contributed by atoms with van der Waals surface area (Å²) in [4.78, 5) is 12.7. The Morgan fingerprint density at radius 3 is 2.58 bits per heavy atom. The van der Waals surface area contributed by atoms with Crippen LogP contribution < -0.4 is 10.1 Å². The third-order valence-electron chi connectivity index (χ3n) is 6.22. The molecule has 5 rings (SSSR count). The van der Waals surface area contributed by atoms with Gasteiger partial charge in [-0.15, -0.1) is 0 Å². The molecular formula is C31H26ClNO3. The van der Waals surface area contributed by atoms with Gasteiger partial charge in [-0.25, -0.2) is 0 Å². The molecule has 1 aromatic heterocycles. The quantitative estimate of drug-likeness (QED) is 0.232. The third-order valence-corrected chi connectivity index (χ3v) is 6.59. The maximum atomic E-state index is 12.7. The van der Waals surface area contributed by atoms with Crippen LogP contribution in [0.15, 0.2) is 95.6 Å². The zero-order valence-electron chi connectivity index (χ0n) is 20.2. The highest BCUT2D eigenvalue weighted by atomic mass is 35.5. The van der Waals surface area contributed by atoms with Crippen molar-refractivity contribution in [2.24, 2.45) is 0 Å². The van der Waals surface area contributed by atoms with Crippen LogP contribution in [0.2, 0.25) is 5.02 Å². The van der Waals surface area contributed by atoms with Gasteiger partial charge in [0.25, 0.3) is 0 Å². The van der Waals surface area contributed by atoms with Gasteiger partial charge in [0.2, 0.25) is 5.91 Å². The summed E-state index contributed by atoms with van der Waals surface area (Å²) >= 11 is 6.21. The fourth-order valence-electron chi connectivity index (χ4n) is 4.37. The number of fused-ring (bicyclic) bond motifs is 2. The van der Waals surface area contributed by atoms with Gasteiger partial charge in [0, 0.05) is 40.2 Å². The molecular weight excluding hydrogens is 470 g/mol. The van der Waals surface area contributed by atoms with E-state index in [0.29, 0.717) is 23.9 Å². The molecule has 0 spiro atoms. The van der Waals surface area contributed by atoms with Crippen molar-refractivity contribution in [2.75, 3.05) is 6.61 Å². The number of ether oxygens (including phenoxy) is 1. The van der Waals surface area contributed by atoms with E-state index in [9.17, 15) is 4.79 Å². The van der Waals surface area contributed by atoms with E-state index in [0.717, 1.165) is 38.8 Å². The van der Waals surface area contributed by atoms with E-state index < -0.39 is 0 Å². The van der Waals surface area contributed by atoms with Crippen LogP contribution in [-0.2, 0) is 11.3 Å². The summed E-state index contributed by atoms with van der Waals surface area (Å²) in [5.41, 5.74) is 5.32. The zero-order valence-corrected chi connectivity index (χ0v) is 20.9. The monoisotopic (exact) mass is 495 g/mol. The van der Waals surface area contributed by atoms with Crippen molar-refractivity contribution < 1.29 is 13.9 Å². The number of nitrogens with one attached hydrogen (secondary N) is 1. The van der Waals surface area contributed by atoms with E-state index in [2.05, 4.69) is 35.6 Å². The second-order valence-corrected chi connectivity index (χ2v) is 9.03. The van der Waals surface area contributed by atoms with Crippen molar-refractivity contribution in [1.29, 1.82) is 0 Å². The minimum atomic E-state index is -0.197. The molecule has 5 heteroatoms. The summed E-state index contributed by atoms with van der Waals surface area (Å²) in [5.74, 6) is 0.481. The van der Waals surface area contributed by atoms with Crippen LogP contribution >= 0.6 is 11.6 Å². The zero-order chi connectivity index (χ0) is 25.1. The minimum Gasteiger partial charge on any atom is -0.493 e. The molecule has 0 radical (unpaired) electrons. The Morgan fingerprint density at radius 2 is 1.78 bits per heavy atom. The molecule has 0 aliphatic rings. The molecule has 4 nitrogen and oxygen atoms in total. The highest BCUT2D eigenvalue weighted by molar-refractivity contribution is 6.31. The predicted molar refractivity (Wildman–Crippen MR) is 147 cm³/mol. The summed E-state index contributed by atoms with van der Waals surface area (Å²) in [5, 5.41) is 6.87. The van der Waals surface area contributed by atoms with Crippen molar-refractivity contribution in [3.05, 3.63) is 107 Å². The normalized spacial score (nSPS) is 11.7. The van der Waals surface area contributed by atoms with E-state index >= 15 is 0 Å². The van der Waals surface area contributed by atoms with E-state index in [4.69, 9.17) is 20.8 Å². The molecule has 0 saturated carbocycles. The Hall–Kier alpha value is -4.02. The van der Waals surface area contributed by atoms with E-state index in [1.165, 1.54) is 10.8 Å². The Balaban J connectivity index is 1.49. The van der Waals surface area contributed by atoms with Gasteiger partial charge < -0.3 is 14.5 Å². The van der Waals surface area contributed by atoms with Gasteiger partial charge in [-0.1, -0.05) is 66.2 Å². The summed E-state index contributed by atoms with van der Waals surface area (Å²) in [7, 11) is 0. The number of amides is 1. The van der Waals surface area contributed by atoms with E-state index in [-0.39, 0.29) is 5.91 Å². The van der Waals surface area contributed by atoms with Crippen LogP contribution in [0.1, 0.15) is 25.0 Å². The summed E-state index contributed by atoms with van der Waals surface area (Å²) in [6.07, 6.45) is 3.37. The smallest absolute Gasteiger partial charge is 0.244 e. The molecule has 1 N–H and O–H groups in total. The Morgan fingerprint density at radius 1 is 1.00 bits per heavy atom. The van der Waals surface area contributed by atoms with Gasteiger partial charge in [0.05, 0.1) is 12.9 Å². The lowest BCUT2D eigenvalue weighted by Gasteiger charge is -2.12. The minimum absolute atomic E-state index is 0.197. The topological polar surface area (TPSA) is 51.5 Å². The predicted octanol–water partition coefficient (Wildman–Crippen LogP) is 8.02. The molecule has 4 aromatic carbocycles. The lowest BCUT2D eigenvalue weighted by molar-refractivity contribution is -0.116. The second kappa shape index (κ2) is 10.3. The molecule has 36 heavy (non-hydrogen) atoms. The number of furan rings is 1. The van der Waals surface area contributed by atoms with Crippen molar-refractivity contribution in [3.63, 3.8) is 0 Å². The Bertz CT molecular complexity index is 1600. The number of carbonyl (C=O) groups is 1. The number of hydrogen-bond donors (Lipinski definition) is 1. The number of benzene rings is 4. The molecule has 0 unspecified atom stereocenters. The van der Waals surface area contributed by atoms with Crippen LogP contribution in [0.5, 0.6) is 5.75 Å². The first-order valence-electron chi connectivity index (χ1n) is 11.9. The number of rotatable bonds is 7. The number of carbonyl (C=O) groups excluding carboxylic acids is 1. The van der Waals surface area contributed by atoms with Gasteiger partial charge in [0.1, 0.15) is 11.3 Å². The SMILES string of the molecule is CCOc1cc2occ(-c3ccc4ccccc4c3)c2cc1/C(C)=C/C(=O)NCc1ccccc1Cl. The summed E-state index contributed by atoms with van der Waals surface area (Å²) in [6.45, 7) is 4.71. The maximum absolute atomic E-state index is 12.7. The standard InChI is InChI=1S/C31H26ClNO3/c1-3-35-29-17-30-26(27(19-36-30)23-13-12-21-8-4-5-9-22(21)15-23)16-25(29)20(2)14-31(34)33-18-24-10-6-7-11-28(24)32/h4-17,19H,3,18H2,1-2H3,(H,33,34)/b20-14+. The van der Waals surface area contributed by atoms with Crippen molar-refractivity contribution >= 4 is 44.8 Å². The average molecular weight is 496 g/mol. The van der Waals surface area contributed by atoms with Crippen LogP contribution in [0.3, 0.4) is 0 Å². The Labute approximate surface area is 215 Å². The molecule has 0 saturated heterocycles.